The molecule has 180 valence electrons. The van der Waals surface area contributed by atoms with E-state index in [9.17, 15) is 14.4 Å². The molecule has 8 nitrogen and oxygen atoms in total. The maximum Gasteiger partial charge on any atom is 0.411 e. The van der Waals surface area contributed by atoms with Crippen LogP contribution in [0, 0.1) is 6.92 Å². The van der Waals surface area contributed by atoms with E-state index < -0.39 is 24.1 Å². The number of hydrogen-bond donors (Lipinski definition) is 3. The summed E-state index contributed by atoms with van der Waals surface area (Å²) in [6.45, 7) is 3.22. The Kier molecular flexibility index (Phi) is 7.18. The molecule has 1 aliphatic carbocycles. The number of aliphatic carboxylic acids is 1. The zero-order valence-corrected chi connectivity index (χ0v) is 20.6. The number of benzene rings is 3. The summed E-state index contributed by atoms with van der Waals surface area (Å²) in [7, 11) is 0. The van der Waals surface area contributed by atoms with Crippen molar-refractivity contribution in [3.05, 3.63) is 87.4 Å². The lowest BCUT2D eigenvalue weighted by Crippen LogP contribution is -2.32. The SMILES string of the molecule is Cc1cc(Br)c(C(=O)NOC(C)C(=O)O)cc1NC(=O)OCC1c2ccccc2-c2ccccc21. The highest BCUT2D eigenvalue weighted by Gasteiger charge is 2.29. The first kappa shape index (κ1) is 24.4. The van der Waals surface area contributed by atoms with Crippen LogP contribution in [0.2, 0.25) is 0 Å². The van der Waals surface area contributed by atoms with Crippen molar-refractivity contribution in [1.82, 2.24) is 5.48 Å². The van der Waals surface area contributed by atoms with Crippen LogP contribution < -0.4 is 10.8 Å². The number of nitrogens with one attached hydrogen (secondary N) is 2. The van der Waals surface area contributed by atoms with Crippen LogP contribution in [0.5, 0.6) is 0 Å². The summed E-state index contributed by atoms with van der Waals surface area (Å²) in [5.74, 6) is -1.96. The molecule has 1 atom stereocenters. The molecule has 0 aliphatic heterocycles. The number of aryl methyl sites for hydroxylation is 1. The van der Waals surface area contributed by atoms with Gasteiger partial charge >= 0.3 is 12.1 Å². The third-order valence-corrected chi connectivity index (χ3v) is 6.47. The summed E-state index contributed by atoms with van der Waals surface area (Å²) in [6.07, 6.45) is -1.87. The third-order valence-electron chi connectivity index (χ3n) is 5.82. The molecule has 3 aromatic carbocycles. The largest absolute Gasteiger partial charge is 0.479 e. The van der Waals surface area contributed by atoms with Gasteiger partial charge in [0, 0.05) is 16.1 Å². The molecule has 3 N–H and O–H groups in total. The van der Waals surface area contributed by atoms with Crippen LogP contribution in [0.15, 0.2) is 65.1 Å². The van der Waals surface area contributed by atoms with Crippen LogP contribution in [-0.2, 0) is 14.4 Å². The van der Waals surface area contributed by atoms with Crippen molar-refractivity contribution in [3.63, 3.8) is 0 Å². The highest BCUT2D eigenvalue weighted by atomic mass is 79.9. The first-order valence-corrected chi connectivity index (χ1v) is 11.7. The Morgan fingerprint density at radius 3 is 2.23 bits per heavy atom. The fourth-order valence-electron chi connectivity index (χ4n) is 3.97. The maximum atomic E-state index is 12.7. The van der Waals surface area contributed by atoms with Crippen LogP contribution in [0.1, 0.15) is 39.9 Å². The number of fused-ring (bicyclic) bond motifs is 3. The predicted octanol–water partition coefficient (Wildman–Crippen LogP) is 5.25. The fraction of sp³-hybridized carbons (Fsp3) is 0.192. The average Bonchev–Trinajstić information content (AvgIpc) is 3.16. The van der Waals surface area contributed by atoms with Gasteiger partial charge in [0.05, 0.1) is 5.56 Å². The van der Waals surface area contributed by atoms with E-state index in [1.54, 1.807) is 13.0 Å². The van der Waals surface area contributed by atoms with E-state index in [1.807, 2.05) is 36.4 Å². The molecule has 0 spiro atoms. The molecule has 0 bridgehead atoms. The number of rotatable bonds is 7. The van der Waals surface area contributed by atoms with Crippen LogP contribution in [0.4, 0.5) is 10.5 Å². The van der Waals surface area contributed by atoms with Gasteiger partial charge in [0.15, 0.2) is 6.10 Å². The lowest BCUT2D eigenvalue weighted by Gasteiger charge is -2.16. The Hall–Kier alpha value is -3.69. The van der Waals surface area contributed by atoms with Gasteiger partial charge in [-0.15, -0.1) is 0 Å². The van der Waals surface area contributed by atoms with Crippen molar-refractivity contribution < 1.29 is 29.1 Å². The monoisotopic (exact) mass is 538 g/mol. The van der Waals surface area contributed by atoms with Gasteiger partial charge in [-0.25, -0.2) is 15.1 Å². The Morgan fingerprint density at radius 1 is 1.03 bits per heavy atom. The Balaban J connectivity index is 1.45. The molecule has 0 saturated carbocycles. The molecule has 9 heteroatoms. The molecule has 1 unspecified atom stereocenters. The minimum Gasteiger partial charge on any atom is -0.479 e. The summed E-state index contributed by atoms with van der Waals surface area (Å²) < 4.78 is 6.04. The van der Waals surface area contributed by atoms with Crippen molar-refractivity contribution in [2.75, 3.05) is 11.9 Å². The standard InChI is InChI=1S/C26H23BrN2O6/c1-14-11-22(27)20(24(30)29-35-15(2)25(31)32)12-23(14)28-26(33)34-13-21-18-9-5-3-7-16(18)17-8-4-6-10-19(17)21/h3-12,15,21H,13H2,1-2H3,(H,28,33)(H,29,30)(H,31,32). The van der Waals surface area contributed by atoms with Crippen molar-refractivity contribution in [1.29, 1.82) is 0 Å². The number of hydrogen-bond acceptors (Lipinski definition) is 5. The molecule has 0 radical (unpaired) electrons. The summed E-state index contributed by atoms with van der Waals surface area (Å²) >= 11 is 3.31. The number of carbonyl (C=O) groups excluding carboxylic acids is 2. The topological polar surface area (TPSA) is 114 Å². The predicted molar refractivity (Wildman–Crippen MR) is 133 cm³/mol. The van der Waals surface area contributed by atoms with Gasteiger partial charge < -0.3 is 9.84 Å². The molecule has 1 aliphatic rings. The quantitative estimate of drug-likeness (QED) is 0.354. The van der Waals surface area contributed by atoms with Gasteiger partial charge in [0.1, 0.15) is 6.61 Å². The smallest absolute Gasteiger partial charge is 0.411 e. The molecule has 0 heterocycles. The van der Waals surface area contributed by atoms with E-state index in [2.05, 4.69) is 38.9 Å². The van der Waals surface area contributed by atoms with Crippen molar-refractivity contribution in [2.24, 2.45) is 0 Å². The van der Waals surface area contributed by atoms with Gasteiger partial charge in [-0.3, -0.25) is 14.9 Å². The second-order valence-electron chi connectivity index (χ2n) is 8.13. The summed E-state index contributed by atoms with van der Waals surface area (Å²) in [4.78, 5) is 40.9. The Bertz CT molecular complexity index is 1260. The van der Waals surface area contributed by atoms with Crippen molar-refractivity contribution >= 4 is 39.6 Å². The van der Waals surface area contributed by atoms with E-state index in [0.29, 0.717) is 15.7 Å². The van der Waals surface area contributed by atoms with Gasteiger partial charge in [0.2, 0.25) is 0 Å². The Labute approximate surface area is 210 Å². The van der Waals surface area contributed by atoms with Crippen LogP contribution in [0.3, 0.4) is 0 Å². The highest BCUT2D eigenvalue weighted by Crippen LogP contribution is 2.44. The van der Waals surface area contributed by atoms with Gasteiger partial charge in [-0.1, -0.05) is 48.5 Å². The van der Waals surface area contributed by atoms with E-state index in [0.717, 1.165) is 22.3 Å². The number of amides is 2. The Morgan fingerprint density at radius 2 is 1.63 bits per heavy atom. The summed E-state index contributed by atoms with van der Waals surface area (Å²) in [6, 6.07) is 19.2. The second kappa shape index (κ2) is 10.3. The third kappa shape index (κ3) is 5.21. The zero-order chi connectivity index (χ0) is 25.1. The average molecular weight is 539 g/mol. The first-order chi connectivity index (χ1) is 16.8. The van der Waals surface area contributed by atoms with E-state index in [4.69, 9.17) is 14.7 Å². The minimum absolute atomic E-state index is 0.0751. The summed E-state index contributed by atoms with van der Waals surface area (Å²) in [5, 5.41) is 11.6. The van der Waals surface area contributed by atoms with Gasteiger partial charge in [-0.2, -0.15) is 0 Å². The molecular weight excluding hydrogens is 516 g/mol. The molecular formula is C26H23BrN2O6. The number of hydroxylamine groups is 1. The number of carboxylic acids is 1. The molecule has 35 heavy (non-hydrogen) atoms. The fourth-order valence-corrected chi connectivity index (χ4v) is 4.61. The van der Waals surface area contributed by atoms with Gasteiger partial charge in [-0.05, 0) is 69.7 Å². The minimum atomic E-state index is -1.22. The lowest BCUT2D eigenvalue weighted by atomic mass is 9.98. The van der Waals surface area contributed by atoms with E-state index in [-0.39, 0.29) is 18.1 Å². The highest BCUT2D eigenvalue weighted by molar-refractivity contribution is 9.10. The molecule has 2 amide bonds. The molecule has 0 aromatic heterocycles. The number of halogens is 1. The molecule has 3 aromatic rings. The first-order valence-electron chi connectivity index (χ1n) is 10.9. The summed E-state index contributed by atoms with van der Waals surface area (Å²) in [5.41, 5.74) is 7.82. The van der Waals surface area contributed by atoms with Crippen LogP contribution >= 0.6 is 15.9 Å². The normalized spacial score (nSPS) is 12.9. The number of carbonyl (C=O) groups is 3. The molecule has 0 saturated heterocycles. The van der Waals surface area contributed by atoms with Crippen molar-refractivity contribution in [3.8, 4) is 11.1 Å². The number of ether oxygens (including phenoxy) is 1. The number of anilines is 1. The number of carboxylic acid groups (broad SMARTS) is 1. The van der Waals surface area contributed by atoms with Crippen LogP contribution in [0.25, 0.3) is 11.1 Å². The van der Waals surface area contributed by atoms with E-state index in [1.165, 1.54) is 13.0 Å². The second-order valence-corrected chi connectivity index (χ2v) is 8.98. The van der Waals surface area contributed by atoms with Crippen LogP contribution in [-0.4, -0.2) is 35.8 Å². The van der Waals surface area contributed by atoms with Gasteiger partial charge in [0.25, 0.3) is 5.91 Å². The molecule has 4 rings (SSSR count). The van der Waals surface area contributed by atoms with E-state index >= 15 is 0 Å². The lowest BCUT2D eigenvalue weighted by molar-refractivity contribution is -0.152. The maximum absolute atomic E-state index is 12.7. The van der Waals surface area contributed by atoms with Crippen molar-refractivity contribution in [2.45, 2.75) is 25.9 Å². The zero-order valence-electron chi connectivity index (χ0n) is 19.0. The molecule has 0 fully saturated rings.